The van der Waals surface area contributed by atoms with Gasteiger partial charge in [0.25, 0.3) is 0 Å². The van der Waals surface area contributed by atoms with Gasteiger partial charge in [0.15, 0.2) is 5.75 Å². The summed E-state index contributed by atoms with van der Waals surface area (Å²) < 4.78 is 0. The lowest BCUT2D eigenvalue weighted by Gasteiger charge is -2.01. The Labute approximate surface area is 87.5 Å². The molecule has 82 valence electrons. The fourth-order valence-electron chi connectivity index (χ4n) is 1.16. The summed E-state index contributed by atoms with van der Waals surface area (Å²) in [5, 5.41) is 41.7. The predicted octanol–water partition coefficient (Wildman–Crippen LogP) is 0.186. The van der Waals surface area contributed by atoms with E-state index < -0.39 is 22.1 Å². The van der Waals surface area contributed by atoms with Gasteiger partial charge in [-0.3, -0.25) is 10.1 Å². The third kappa shape index (κ3) is 1.49. The van der Waals surface area contributed by atoms with Gasteiger partial charge in [-0.2, -0.15) is 5.21 Å². The van der Waals surface area contributed by atoms with E-state index in [2.05, 4.69) is 20.6 Å². The van der Waals surface area contributed by atoms with Gasteiger partial charge in [-0.25, -0.2) is 0 Å². The number of nitrogens with zero attached hydrogens (tertiary/aromatic N) is 4. The smallest absolute Gasteiger partial charge is 0.315 e. The molecule has 0 spiro atoms. The van der Waals surface area contributed by atoms with Crippen LogP contribution in [0.15, 0.2) is 12.1 Å². The number of aromatic amines is 1. The van der Waals surface area contributed by atoms with Crippen LogP contribution in [0, 0.1) is 10.1 Å². The van der Waals surface area contributed by atoms with Crippen molar-refractivity contribution >= 4 is 5.69 Å². The van der Waals surface area contributed by atoms with Gasteiger partial charge in [0.05, 0.1) is 4.92 Å². The molecule has 1 aromatic carbocycles. The lowest BCUT2D eigenvalue weighted by atomic mass is 10.1. The second kappa shape index (κ2) is 3.46. The number of nitro benzene ring substituents is 1. The summed E-state index contributed by atoms with van der Waals surface area (Å²) in [4.78, 5) is 9.75. The number of hydrogen-bond donors (Lipinski definition) is 3. The topological polar surface area (TPSA) is 138 Å². The SMILES string of the molecule is O=[N+]([O-])c1cc(-c2nn[nH]n2)cc(O)c1O. The number of aromatic hydroxyl groups is 2. The molecule has 0 aliphatic rings. The Balaban J connectivity index is 2.62. The van der Waals surface area contributed by atoms with Crippen LogP contribution in [0.5, 0.6) is 11.5 Å². The zero-order valence-corrected chi connectivity index (χ0v) is 7.65. The van der Waals surface area contributed by atoms with Crippen LogP contribution >= 0.6 is 0 Å². The van der Waals surface area contributed by atoms with E-state index in [1.165, 1.54) is 0 Å². The zero-order valence-electron chi connectivity index (χ0n) is 7.65. The average molecular weight is 223 g/mol. The van der Waals surface area contributed by atoms with E-state index in [4.69, 9.17) is 0 Å². The van der Waals surface area contributed by atoms with E-state index in [1.807, 2.05) is 0 Å². The summed E-state index contributed by atoms with van der Waals surface area (Å²) >= 11 is 0. The standard InChI is InChI=1S/C7H5N5O4/c13-5-2-3(7-8-10-11-9-7)1-4(6(5)14)12(15)16/h1-2,13-14H,(H,8,9,10,11). The van der Waals surface area contributed by atoms with Crippen LogP contribution in [0.3, 0.4) is 0 Å². The second-order valence-corrected chi connectivity index (χ2v) is 2.86. The van der Waals surface area contributed by atoms with E-state index in [9.17, 15) is 20.3 Å². The van der Waals surface area contributed by atoms with E-state index in [-0.39, 0.29) is 11.4 Å². The summed E-state index contributed by atoms with van der Waals surface area (Å²) in [5.74, 6) is -1.33. The molecule has 2 rings (SSSR count). The van der Waals surface area contributed by atoms with Gasteiger partial charge in [-0.1, -0.05) is 0 Å². The number of hydrogen-bond acceptors (Lipinski definition) is 7. The largest absolute Gasteiger partial charge is 0.504 e. The molecule has 9 heteroatoms. The number of rotatable bonds is 2. The molecule has 2 aromatic rings. The number of phenols is 2. The number of nitrogens with one attached hydrogen (secondary N) is 1. The molecule has 0 amide bonds. The average Bonchev–Trinajstić information content (AvgIpc) is 2.74. The van der Waals surface area contributed by atoms with Gasteiger partial charge in [-0.15, -0.1) is 10.2 Å². The number of tetrazole rings is 1. The minimum Gasteiger partial charge on any atom is -0.504 e. The van der Waals surface area contributed by atoms with E-state index in [1.54, 1.807) is 0 Å². The molecule has 0 saturated heterocycles. The van der Waals surface area contributed by atoms with Crippen molar-refractivity contribution in [2.24, 2.45) is 0 Å². The highest BCUT2D eigenvalue weighted by Gasteiger charge is 2.20. The maximum absolute atomic E-state index is 10.6. The number of phenolic OH excluding ortho intramolecular Hbond substituents is 2. The first kappa shape index (κ1) is 9.83. The number of aromatic nitrogens is 4. The first-order valence-electron chi connectivity index (χ1n) is 4.04. The molecule has 0 aliphatic heterocycles. The third-order valence-corrected chi connectivity index (χ3v) is 1.87. The maximum Gasteiger partial charge on any atom is 0.315 e. The normalized spacial score (nSPS) is 10.2. The van der Waals surface area contributed by atoms with Crippen molar-refractivity contribution in [3.8, 4) is 22.9 Å². The molecule has 16 heavy (non-hydrogen) atoms. The van der Waals surface area contributed by atoms with Crippen molar-refractivity contribution in [3.05, 3.63) is 22.2 Å². The van der Waals surface area contributed by atoms with Gasteiger partial charge in [0.1, 0.15) is 0 Å². The van der Waals surface area contributed by atoms with Crippen molar-refractivity contribution in [1.82, 2.24) is 20.6 Å². The monoisotopic (exact) mass is 223 g/mol. The third-order valence-electron chi connectivity index (χ3n) is 1.87. The molecular weight excluding hydrogens is 218 g/mol. The molecule has 1 aromatic heterocycles. The van der Waals surface area contributed by atoms with Gasteiger partial charge in [0, 0.05) is 11.6 Å². The van der Waals surface area contributed by atoms with Crippen LogP contribution in [0.2, 0.25) is 0 Å². The molecule has 0 bridgehead atoms. The summed E-state index contributed by atoms with van der Waals surface area (Å²) in [7, 11) is 0. The summed E-state index contributed by atoms with van der Waals surface area (Å²) in [6, 6.07) is 2.15. The number of benzene rings is 1. The summed E-state index contributed by atoms with van der Waals surface area (Å²) in [5.41, 5.74) is -0.449. The first-order chi connectivity index (χ1) is 7.59. The highest BCUT2D eigenvalue weighted by Crippen LogP contribution is 2.38. The van der Waals surface area contributed by atoms with Crippen molar-refractivity contribution in [2.45, 2.75) is 0 Å². The van der Waals surface area contributed by atoms with Crippen molar-refractivity contribution in [1.29, 1.82) is 0 Å². The molecule has 0 atom stereocenters. The van der Waals surface area contributed by atoms with Crippen LogP contribution in [-0.4, -0.2) is 35.8 Å². The first-order valence-corrected chi connectivity index (χ1v) is 4.04. The fourth-order valence-corrected chi connectivity index (χ4v) is 1.16. The van der Waals surface area contributed by atoms with E-state index in [0.29, 0.717) is 0 Å². The highest BCUT2D eigenvalue weighted by molar-refractivity contribution is 5.67. The van der Waals surface area contributed by atoms with E-state index in [0.717, 1.165) is 12.1 Å². The lowest BCUT2D eigenvalue weighted by molar-refractivity contribution is -0.385. The van der Waals surface area contributed by atoms with Gasteiger partial charge >= 0.3 is 5.69 Å². The van der Waals surface area contributed by atoms with E-state index >= 15 is 0 Å². The Morgan fingerprint density at radius 3 is 2.69 bits per heavy atom. The maximum atomic E-state index is 10.6. The quantitative estimate of drug-likeness (QED) is 0.375. The van der Waals surface area contributed by atoms with Crippen LogP contribution < -0.4 is 0 Å². The van der Waals surface area contributed by atoms with Crippen LogP contribution in [0.1, 0.15) is 0 Å². The van der Waals surface area contributed by atoms with Crippen molar-refractivity contribution in [2.75, 3.05) is 0 Å². The molecule has 1 heterocycles. The minimum absolute atomic E-state index is 0.0819. The predicted molar refractivity (Wildman–Crippen MR) is 49.6 cm³/mol. The Kier molecular flexibility index (Phi) is 2.12. The molecular formula is C7H5N5O4. The Hall–Kier alpha value is -2.71. The Morgan fingerprint density at radius 2 is 2.12 bits per heavy atom. The van der Waals surface area contributed by atoms with Crippen molar-refractivity contribution in [3.63, 3.8) is 0 Å². The number of H-pyrrole nitrogens is 1. The summed E-state index contributed by atoms with van der Waals surface area (Å²) in [6.45, 7) is 0. The van der Waals surface area contributed by atoms with Crippen LogP contribution in [0.4, 0.5) is 5.69 Å². The Morgan fingerprint density at radius 1 is 1.38 bits per heavy atom. The molecule has 0 unspecified atom stereocenters. The molecule has 9 nitrogen and oxygen atoms in total. The second-order valence-electron chi connectivity index (χ2n) is 2.86. The Bertz CT molecular complexity index is 538. The number of nitro groups is 1. The van der Waals surface area contributed by atoms with Crippen LogP contribution in [0.25, 0.3) is 11.4 Å². The van der Waals surface area contributed by atoms with Gasteiger partial charge in [-0.05, 0) is 11.3 Å². The lowest BCUT2D eigenvalue weighted by Crippen LogP contribution is -1.91. The summed E-state index contributed by atoms with van der Waals surface area (Å²) in [6.07, 6.45) is 0. The molecule has 3 N–H and O–H groups in total. The van der Waals surface area contributed by atoms with Gasteiger partial charge < -0.3 is 10.2 Å². The van der Waals surface area contributed by atoms with Crippen molar-refractivity contribution < 1.29 is 15.1 Å². The van der Waals surface area contributed by atoms with Gasteiger partial charge in [0.2, 0.25) is 11.6 Å². The molecule has 0 saturated carbocycles. The highest BCUT2D eigenvalue weighted by atomic mass is 16.6. The fraction of sp³-hybridized carbons (Fsp3) is 0. The van der Waals surface area contributed by atoms with Crippen LogP contribution in [-0.2, 0) is 0 Å². The zero-order chi connectivity index (χ0) is 11.7. The molecule has 0 fully saturated rings. The molecule has 0 aliphatic carbocycles. The molecule has 0 radical (unpaired) electrons. The minimum atomic E-state index is -0.821.